The first-order valence-corrected chi connectivity index (χ1v) is 34.4. The van der Waals surface area contributed by atoms with Gasteiger partial charge in [-0.2, -0.15) is 17.5 Å². The molecule has 5 N–H and O–H groups in total. The second-order valence-electron chi connectivity index (χ2n) is 21.9. The first kappa shape index (κ1) is 83.1. The standard InChI is InChI=1S/C25H37BN5O5.C18H33BNO3S2.C17H32BN2O2S2/c1-19(2)8-6-12-29-25(33)21-9-5-10-22(16-21)36-18-24(30-31-27)35-15-14-34-17-23(32)28-13-7-11-26-20(3)4;1-15(2)8-9-18(5,6)25-24-14-22-12-13-23-17(21)20-11-7-10-19-16(3)4;1-15(2)18-9-7-10-20-17(21)8-5-6-12-22-14-24-23-13-11-19-16(3)4/h5,9-10,16,19-20,24H,6,8,12-15,17-18H2,1-4H3,(H,28,32)(H,29,33);15-16H,8-9,11-14H2,1-6H3,(H,20,21);15-16,19H,5-6,8,10-14H2,1-4H3,(H,20,21). The molecule has 85 heavy (non-hydrogen) atoms. The van der Waals surface area contributed by atoms with E-state index in [0.29, 0.717) is 91.9 Å². The molecule has 0 bridgehead atoms. The molecule has 0 fully saturated rings. The van der Waals surface area contributed by atoms with Crippen LogP contribution in [0.15, 0.2) is 29.4 Å². The van der Waals surface area contributed by atoms with Crippen LogP contribution in [0.2, 0.25) is 17.5 Å². The minimum absolute atomic E-state index is 0.0456. The summed E-state index contributed by atoms with van der Waals surface area (Å²) in [5, 5.41) is 17.9. The van der Waals surface area contributed by atoms with E-state index in [1.807, 2.05) is 57.3 Å². The van der Waals surface area contributed by atoms with Crippen LogP contribution in [0.25, 0.3) is 10.4 Å². The van der Waals surface area contributed by atoms with Crippen molar-refractivity contribution in [1.82, 2.24) is 26.6 Å². The SMILES string of the molecule is CC(C)[B]C#CCNC(=O)CCCCOCSSCCNC(C)C.CC(C)[B]C#CCNC(=O)COCCOC(COc1cccc(C(=O)NCCCC(C)C)c1)N=[N+]=[N-].CC(C)[B]C#CCNC(=O)OCCOCSSC(C)(C)CCC(C)C. The lowest BCUT2D eigenvalue weighted by molar-refractivity contribution is -0.126. The summed E-state index contributed by atoms with van der Waals surface area (Å²) in [5.41, 5.74) is 9.27. The van der Waals surface area contributed by atoms with Crippen molar-refractivity contribution in [3.8, 4) is 41.0 Å². The van der Waals surface area contributed by atoms with Gasteiger partial charge >= 0.3 is 6.09 Å². The Bertz CT molecular complexity index is 2150. The van der Waals surface area contributed by atoms with Crippen molar-refractivity contribution < 1.29 is 47.6 Å². The van der Waals surface area contributed by atoms with Crippen LogP contribution >= 0.6 is 43.2 Å². The highest BCUT2D eigenvalue weighted by Crippen LogP contribution is 2.39. The topological polar surface area (TPSA) is 233 Å². The normalized spacial score (nSPS) is 11.0. The summed E-state index contributed by atoms with van der Waals surface area (Å²) in [5.74, 6) is 22.3. The fraction of sp³-hybridized carbons (Fsp3) is 0.733. The number of benzene rings is 1. The Kier molecular flexibility index (Phi) is 56.5. The molecule has 0 spiro atoms. The van der Waals surface area contributed by atoms with Gasteiger partial charge in [-0.3, -0.25) is 14.4 Å². The number of nitrogens with zero attached hydrogens (tertiary/aromatic N) is 3. The number of rotatable bonds is 43. The Morgan fingerprint density at radius 1 is 0.671 bits per heavy atom. The first-order valence-electron chi connectivity index (χ1n) is 29.6. The summed E-state index contributed by atoms with van der Waals surface area (Å²) < 4.78 is 32.7. The molecule has 475 valence electrons. The van der Waals surface area contributed by atoms with Gasteiger partial charge in [0.25, 0.3) is 5.91 Å². The van der Waals surface area contributed by atoms with Gasteiger partial charge < -0.3 is 55.0 Å². The molecule has 18 nitrogen and oxygen atoms in total. The number of nitrogens with one attached hydrogen (secondary N) is 5. The van der Waals surface area contributed by atoms with Crippen LogP contribution in [-0.4, -0.2) is 159 Å². The zero-order chi connectivity index (χ0) is 63.8. The first-order chi connectivity index (χ1) is 40.6. The van der Waals surface area contributed by atoms with E-state index in [1.165, 1.54) is 12.8 Å². The highest BCUT2D eigenvalue weighted by Gasteiger charge is 2.19. The molecule has 1 unspecified atom stereocenters. The van der Waals surface area contributed by atoms with E-state index in [9.17, 15) is 19.2 Å². The number of hydrogen-bond acceptors (Lipinski definition) is 16. The summed E-state index contributed by atoms with van der Waals surface area (Å²) in [4.78, 5) is 49.8. The number of unbranched alkanes of at least 4 members (excludes halogenated alkanes) is 1. The summed E-state index contributed by atoms with van der Waals surface area (Å²) in [6.45, 7) is 34.0. The van der Waals surface area contributed by atoms with Crippen molar-refractivity contribution >= 4 is 88.8 Å². The average molecular weight is 1260 g/mol. The predicted molar refractivity (Wildman–Crippen MR) is 361 cm³/mol. The third kappa shape index (κ3) is 62.9. The molecule has 0 aromatic heterocycles. The number of carbonyl (C=O) groups is 4. The maximum absolute atomic E-state index is 12.3. The Hall–Kier alpha value is -3.92. The van der Waals surface area contributed by atoms with Crippen LogP contribution in [0, 0.1) is 47.1 Å². The third-order valence-corrected chi connectivity index (χ3v) is 15.5. The Morgan fingerprint density at radius 2 is 1.27 bits per heavy atom. The maximum Gasteiger partial charge on any atom is 0.407 e. The second-order valence-corrected chi connectivity index (χ2v) is 27.4. The van der Waals surface area contributed by atoms with E-state index in [-0.39, 0.29) is 62.0 Å². The molecule has 1 aromatic rings. The minimum atomic E-state index is -0.895. The van der Waals surface area contributed by atoms with E-state index in [1.54, 1.807) is 45.9 Å². The third-order valence-electron chi connectivity index (χ3n) is 10.4. The summed E-state index contributed by atoms with van der Waals surface area (Å²) in [6, 6.07) is 7.30. The van der Waals surface area contributed by atoms with Gasteiger partial charge in [-0.05, 0) is 87.9 Å². The van der Waals surface area contributed by atoms with Crippen molar-refractivity contribution in [3.05, 3.63) is 40.3 Å². The summed E-state index contributed by atoms with van der Waals surface area (Å²) in [6.07, 6.45) is 5.37. The Balaban J connectivity index is 0. The lowest BCUT2D eigenvalue weighted by atomic mass is 9.67. The molecule has 0 aliphatic rings. The van der Waals surface area contributed by atoms with Crippen molar-refractivity contribution in [2.45, 2.75) is 176 Å². The molecule has 25 heteroatoms. The highest BCUT2D eigenvalue weighted by atomic mass is 33.1. The lowest BCUT2D eigenvalue weighted by Gasteiger charge is -2.24. The van der Waals surface area contributed by atoms with E-state index < -0.39 is 12.3 Å². The molecular formula is C60H102B3N8O10S4. The van der Waals surface area contributed by atoms with Crippen LogP contribution in [0.4, 0.5) is 4.79 Å². The van der Waals surface area contributed by atoms with Gasteiger partial charge in [-0.15, -0.1) is 0 Å². The average Bonchev–Trinajstić information content (AvgIpc) is 3.62. The van der Waals surface area contributed by atoms with Gasteiger partial charge in [-0.1, -0.05) is 173 Å². The highest BCUT2D eigenvalue weighted by molar-refractivity contribution is 8.77. The number of azide groups is 1. The van der Waals surface area contributed by atoms with E-state index in [2.05, 4.69) is 155 Å². The monoisotopic (exact) mass is 1260 g/mol. The number of hydrogen-bond donors (Lipinski definition) is 5. The summed E-state index contributed by atoms with van der Waals surface area (Å²) in [7, 11) is 12.8. The van der Waals surface area contributed by atoms with Crippen LogP contribution in [-0.2, 0) is 33.3 Å². The molecule has 0 aliphatic carbocycles. The van der Waals surface area contributed by atoms with Crippen LogP contribution in [0.5, 0.6) is 5.75 Å². The predicted octanol–water partition coefficient (Wildman–Crippen LogP) is 11.4. The smallest absolute Gasteiger partial charge is 0.407 e. The van der Waals surface area contributed by atoms with Crippen LogP contribution in [0.3, 0.4) is 0 Å². The molecule has 1 atom stereocenters. The van der Waals surface area contributed by atoms with Gasteiger partial charge in [0.1, 0.15) is 37.4 Å². The van der Waals surface area contributed by atoms with E-state index in [4.69, 9.17) is 34.0 Å². The zero-order valence-electron chi connectivity index (χ0n) is 53.7. The molecule has 3 radical (unpaired) electrons. The van der Waals surface area contributed by atoms with Crippen LogP contribution in [0.1, 0.15) is 152 Å². The van der Waals surface area contributed by atoms with Gasteiger partial charge in [0.15, 0.2) is 6.23 Å². The number of ether oxygens (including phenoxy) is 6. The largest absolute Gasteiger partial charge is 0.491 e. The van der Waals surface area contributed by atoms with Gasteiger partial charge in [0.2, 0.25) is 33.7 Å². The molecule has 0 saturated heterocycles. The van der Waals surface area contributed by atoms with Crippen molar-refractivity contribution in [2.24, 2.45) is 17.0 Å². The minimum Gasteiger partial charge on any atom is -0.491 e. The van der Waals surface area contributed by atoms with Crippen molar-refractivity contribution in [3.63, 3.8) is 0 Å². The fourth-order valence-corrected chi connectivity index (χ4v) is 9.82. The van der Waals surface area contributed by atoms with E-state index in [0.717, 1.165) is 43.9 Å². The molecule has 0 heterocycles. The molecule has 0 saturated carbocycles. The fourth-order valence-electron chi connectivity index (χ4n) is 5.92. The molecule has 4 amide bonds. The molecular weight excluding hydrogens is 1150 g/mol. The Labute approximate surface area is 531 Å². The second kappa shape index (κ2) is 57.8. The van der Waals surface area contributed by atoms with Crippen molar-refractivity contribution in [1.29, 1.82) is 0 Å². The number of alkyl carbamates (subject to hydrolysis) is 1. The van der Waals surface area contributed by atoms with Crippen molar-refractivity contribution in [2.75, 3.05) is 96.6 Å². The zero-order valence-corrected chi connectivity index (χ0v) is 57.0. The van der Waals surface area contributed by atoms with E-state index >= 15 is 0 Å². The molecule has 0 aliphatic heterocycles. The van der Waals surface area contributed by atoms with Gasteiger partial charge in [0, 0.05) is 53.1 Å². The quantitative estimate of drug-likeness (QED) is 0.00598. The molecule has 1 aromatic carbocycles. The number of carbonyl (C=O) groups excluding carboxylic acids is 4. The molecule has 1 rings (SSSR count). The Morgan fingerprint density at radius 3 is 1.88 bits per heavy atom. The van der Waals surface area contributed by atoms with Crippen LogP contribution < -0.4 is 31.3 Å². The van der Waals surface area contributed by atoms with Gasteiger partial charge in [0.05, 0.1) is 39.5 Å². The maximum atomic E-state index is 12.3. The number of amides is 4. The lowest BCUT2D eigenvalue weighted by Crippen LogP contribution is -2.29. The summed E-state index contributed by atoms with van der Waals surface area (Å²) >= 11 is 0. The van der Waals surface area contributed by atoms with Gasteiger partial charge in [-0.25, -0.2) is 4.79 Å².